The van der Waals surface area contributed by atoms with Crippen molar-refractivity contribution in [3.05, 3.63) is 35.4 Å². The molecule has 2 nitrogen and oxygen atoms in total. The lowest BCUT2D eigenvalue weighted by atomic mass is 10.1. The molecule has 0 unspecified atom stereocenters. The van der Waals surface area contributed by atoms with Gasteiger partial charge in [-0.2, -0.15) is 13.2 Å². The largest absolute Gasteiger partial charge is 0.416 e. The summed E-state index contributed by atoms with van der Waals surface area (Å²) in [7, 11) is -3.42. The van der Waals surface area contributed by atoms with Crippen molar-refractivity contribution in [3.8, 4) is 0 Å². The van der Waals surface area contributed by atoms with E-state index in [1.54, 1.807) is 6.92 Å². The van der Waals surface area contributed by atoms with Crippen molar-refractivity contribution < 1.29 is 21.6 Å². The number of hydrogen-bond donors (Lipinski definition) is 0. The summed E-state index contributed by atoms with van der Waals surface area (Å²) in [6.45, 7) is 6.75. The molecule has 0 bridgehead atoms. The summed E-state index contributed by atoms with van der Waals surface area (Å²) in [6.07, 6.45) is -4.41. The van der Waals surface area contributed by atoms with Crippen LogP contribution in [-0.2, 0) is 16.0 Å². The zero-order valence-electron chi connectivity index (χ0n) is 11.9. The molecule has 0 aliphatic heterocycles. The second-order valence-corrected chi connectivity index (χ2v) is 7.93. The summed E-state index contributed by atoms with van der Waals surface area (Å²) in [5, 5.41) is -1.36. The fourth-order valence-electron chi connectivity index (χ4n) is 1.83. The van der Waals surface area contributed by atoms with Gasteiger partial charge in [0, 0.05) is 0 Å². The topological polar surface area (TPSA) is 34.1 Å². The van der Waals surface area contributed by atoms with E-state index in [9.17, 15) is 21.6 Å². The van der Waals surface area contributed by atoms with Crippen molar-refractivity contribution in [2.45, 2.75) is 44.4 Å². The van der Waals surface area contributed by atoms with Gasteiger partial charge in [-0.05, 0) is 37.5 Å². The first-order valence-corrected chi connectivity index (χ1v) is 7.98. The van der Waals surface area contributed by atoms with E-state index in [1.165, 1.54) is 19.1 Å². The van der Waals surface area contributed by atoms with Crippen LogP contribution in [0.1, 0.15) is 44.1 Å². The van der Waals surface area contributed by atoms with Crippen LogP contribution in [-0.4, -0.2) is 13.7 Å². The number of benzene rings is 1. The van der Waals surface area contributed by atoms with Crippen LogP contribution < -0.4 is 0 Å². The van der Waals surface area contributed by atoms with Crippen molar-refractivity contribution >= 4 is 9.84 Å². The van der Waals surface area contributed by atoms with Gasteiger partial charge in [-0.1, -0.05) is 26.0 Å². The number of halogens is 3. The zero-order chi connectivity index (χ0) is 15.7. The molecule has 114 valence electrons. The van der Waals surface area contributed by atoms with E-state index in [-0.39, 0.29) is 5.92 Å². The van der Waals surface area contributed by atoms with Gasteiger partial charge in [-0.3, -0.25) is 0 Å². The summed E-state index contributed by atoms with van der Waals surface area (Å²) in [5.41, 5.74) is -0.395. The summed E-state index contributed by atoms with van der Waals surface area (Å²) in [6, 6.07) is 4.30. The smallest absolute Gasteiger partial charge is 0.228 e. The lowest BCUT2D eigenvalue weighted by Crippen LogP contribution is -2.27. The predicted octanol–water partition coefficient (Wildman–Crippen LogP) is 4.23. The van der Waals surface area contributed by atoms with Crippen molar-refractivity contribution in [1.29, 1.82) is 0 Å². The average molecular weight is 308 g/mol. The quantitative estimate of drug-likeness (QED) is 0.834. The standard InChI is InChI=1S/C14H19F3O2S/c1-9(2)10(3)20(18,19)11(4)12-5-7-13(8-6-12)14(15,16)17/h5-11H,1-4H3/t10-,11-/m1/s1. The Labute approximate surface area is 117 Å². The Morgan fingerprint density at radius 2 is 1.40 bits per heavy atom. The van der Waals surface area contributed by atoms with E-state index in [4.69, 9.17) is 0 Å². The second-order valence-electron chi connectivity index (χ2n) is 5.30. The first-order chi connectivity index (χ1) is 8.98. The first kappa shape index (κ1) is 17.0. The van der Waals surface area contributed by atoms with E-state index in [2.05, 4.69) is 0 Å². The van der Waals surface area contributed by atoms with Crippen molar-refractivity contribution in [2.75, 3.05) is 0 Å². The van der Waals surface area contributed by atoms with Gasteiger partial charge in [0.1, 0.15) is 0 Å². The molecule has 0 fully saturated rings. The predicted molar refractivity (Wildman–Crippen MR) is 73.1 cm³/mol. The van der Waals surface area contributed by atoms with Crippen molar-refractivity contribution in [1.82, 2.24) is 0 Å². The van der Waals surface area contributed by atoms with Crippen LogP contribution in [0.2, 0.25) is 0 Å². The number of rotatable bonds is 4. The molecule has 1 aromatic rings. The third kappa shape index (κ3) is 3.53. The van der Waals surface area contributed by atoms with E-state index >= 15 is 0 Å². The van der Waals surface area contributed by atoms with Gasteiger partial charge in [0.05, 0.1) is 16.1 Å². The van der Waals surface area contributed by atoms with E-state index in [0.29, 0.717) is 5.56 Å². The van der Waals surface area contributed by atoms with Gasteiger partial charge in [0.2, 0.25) is 0 Å². The van der Waals surface area contributed by atoms with Gasteiger partial charge >= 0.3 is 6.18 Å². The lowest BCUT2D eigenvalue weighted by molar-refractivity contribution is -0.137. The van der Waals surface area contributed by atoms with E-state index < -0.39 is 32.1 Å². The van der Waals surface area contributed by atoms with Crippen LogP contribution >= 0.6 is 0 Å². The molecular weight excluding hydrogens is 289 g/mol. The molecular formula is C14H19F3O2S. The highest BCUT2D eigenvalue weighted by atomic mass is 32.2. The zero-order valence-corrected chi connectivity index (χ0v) is 12.7. The molecule has 0 aliphatic carbocycles. The SMILES string of the molecule is CC(C)[C@@H](C)S(=O)(=O)[C@H](C)c1ccc(C(F)(F)F)cc1. The van der Waals surface area contributed by atoms with Gasteiger partial charge in [0.15, 0.2) is 9.84 Å². The molecule has 20 heavy (non-hydrogen) atoms. The number of alkyl halides is 3. The molecule has 0 spiro atoms. The Morgan fingerprint density at radius 1 is 0.950 bits per heavy atom. The monoisotopic (exact) mass is 308 g/mol. The molecule has 0 N–H and O–H groups in total. The van der Waals surface area contributed by atoms with Crippen LogP contribution in [0.15, 0.2) is 24.3 Å². The molecule has 1 aromatic carbocycles. The number of hydrogen-bond acceptors (Lipinski definition) is 2. The summed E-state index contributed by atoms with van der Waals surface area (Å²) >= 11 is 0. The fourth-order valence-corrected chi connectivity index (χ4v) is 3.77. The molecule has 0 heterocycles. The molecule has 0 aromatic heterocycles. The molecule has 0 radical (unpaired) electrons. The average Bonchev–Trinajstić information content (AvgIpc) is 2.35. The molecule has 0 amide bonds. The third-order valence-electron chi connectivity index (χ3n) is 3.66. The van der Waals surface area contributed by atoms with Crippen molar-refractivity contribution in [3.63, 3.8) is 0 Å². The Morgan fingerprint density at radius 3 is 1.75 bits per heavy atom. The van der Waals surface area contributed by atoms with Gasteiger partial charge < -0.3 is 0 Å². The maximum absolute atomic E-state index is 12.5. The Hall–Kier alpha value is -1.04. The summed E-state index contributed by atoms with van der Waals surface area (Å²) in [5.74, 6) is -0.0445. The normalized spacial score (nSPS) is 16.2. The van der Waals surface area contributed by atoms with E-state index in [1.807, 2.05) is 13.8 Å². The van der Waals surface area contributed by atoms with Crippen molar-refractivity contribution in [2.24, 2.45) is 5.92 Å². The van der Waals surface area contributed by atoms with E-state index in [0.717, 1.165) is 12.1 Å². The highest BCUT2D eigenvalue weighted by Crippen LogP contribution is 2.32. The van der Waals surface area contributed by atoms with Gasteiger partial charge in [-0.15, -0.1) is 0 Å². The molecule has 1 rings (SSSR count). The summed E-state index contributed by atoms with van der Waals surface area (Å²) < 4.78 is 62.1. The Kier molecular flexibility index (Phi) is 4.90. The lowest BCUT2D eigenvalue weighted by Gasteiger charge is -2.22. The maximum atomic E-state index is 12.5. The fraction of sp³-hybridized carbons (Fsp3) is 0.571. The molecule has 2 atom stereocenters. The molecule has 0 aliphatic rings. The van der Waals surface area contributed by atoms with Crippen LogP contribution in [0, 0.1) is 5.92 Å². The van der Waals surface area contributed by atoms with Crippen LogP contribution in [0.25, 0.3) is 0 Å². The number of sulfone groups is 1. The van der Waals surface area contributed by atoms with Crippen LogP contribution in [0.4, 0.5) is 13.2 Å². The highest BCUT2D eigenvalue weighted by molar-refractivity contribution is 7.92. The second kappa shape index (κ2) is 5.76. The molecule has 6 heteroatoms. The highest BCUT2D eigenvalue weighted by Gasteiger charge is 2.33. The minimum absolute atomic E-state index is 0.0445. The van der Waals surface area contributed by atoms with Crippen LogP contribution in [0.5, 0.6) is 0 Å². The van der Waals surface area contributed by atoms with Crippen LogP contribution in [0.3, 0.4) is 0 Å². The maximum Gasteiger partial charge on any atom is 0.416 e. The molecule has 0 saturated heterocycles. The minimum atomic E-state index is -4.41. The Balaban J connectivity index is 3.07. The summed E-state index contributed by atoms with van der Waals surface area (Å²) in [4.78, 5) is 0. The third-order valence-corrected chi connectivity index (χ3v) is 6.50. The molecule has 0 saturated carbocycles. The minimum Gasteiger partial charge on any atom is -0.228 e. The van der Waals surface area contributed by atoms with Gasteiger partial charge in [-0.25, -0.2) is 8.42 Å². The Bertz CT molecular complexity index is 545. The van der Waals surface area contributed by atoms with Gasteiger partial charge in [0.25, 0.3) is 0 Å². The first-order valence-electron chi connectivity index (χ1n) is 6.37.